The van der Waals surface area contributed by atoms with E-state index in [4.69, 9.17) is 4.74 Å². The minimum atomic E-state index is -0.882. The molecule has 0 atom stereocenters. The lowest BCUT2D eigenvalue weighted by Crippen LogP contribution is -1.98. The van der Waals surface area contributed by atoms with Gasteiger partial charge >= 0.3 is 5.97 Å². The molecule has 5 heteroatoms. The topological polar surface area (TPSA) is 59.4 Å². The molecule has 0 radical (unpaired) electrons. The maximum atomic E-state index is 11.2. The maximum absolute atomic E-state index is 11.2. The summed E-state index contributed by atoms with van der Waals surface area (Å²) >= 11 is 1.27. The Kier molecular flexibility index (Phi) is 4.74. The first-order valence-corrected chi connectivity index (χ1v) is 7.30. The van der Waals surface area contributed by atoms with E-state index in [0.29, 0.717) is 23.4 Å². The van der Waals surface area contributed by atoms with E-state index in [9.17, 15) is 9.90 Å². The summed E-state index contributed by atoms with van der Waals surface area (Å²) in [6, 6.07) is 7.74. The molecule has 0 saturated heterocycles. The van der Waals surface area contributed by atoms with E-state index < -0.39 is 5.97 Å². The van der Waals surface area contributed by atoms with Crippen LogP contribution in [0.15, 0.2) is 24.3 Å². The first kappa shape index (κ1) is 14.5. The van der Waals surface area contributed by atoms with Gasteiger partial charge in [0.05, 0.1) is 17.8 Å². The number of benzene rings is 1. The fourth-order valence-corrected chi connectivity index (χ4v) is 2.95. The molecule has 2 rings (SSSR count). The molecule has 0 spiro atoms. The molecule has 1 N–H and O–H groups in total. The highest BCUT2D eigenvalue weighted by Gasteiger charge is 2.16. The number of carbonyl (C=O) groups is 1. The predicted molar refractivity (Wildman–Crippen MR) is 78.9 cm³/mol. The Morgan fingerprint density at radius 2 is 2.05 bits per heavy atom. The predicted octanol–water partition coefficient (Wildman–Crippen LogP) is 3.39. The van der Waals surface area contributed by atoms with Crippen LogP contribution in [-0.4, -0.2) is 23.2 Å². The summed E-state index contributed by atoms with van der Waals surface area (Å²) in [6.45, 7) is 2.02. The first-order chi connectivity index (χ1) is 9.63. The van der Waals surface area contributed by atoms with Crippen molar-refractivity contribution in [3.63, 3.8) is 0 Å². The number of aryl methyl sites for hydroxylation is 1. The van der Waals surface area contributed by atoms with Crippen LogP contribution < -0.4 is 4.74 Å². The Morgan fingerprint density at radius 1 is 1.35 bits per heavy atom. The first-order valence-electron chi connectivity index (χ1n) is 6.48. The summed E-state index contributed by atoms with van der Waals surface area (Å²) in [7, 11) is 1.63. The molecule has 1 heterocycles. The monoisotopic (exact) mass is 291 g/mol. The van der Waals surface area contributed by atoms with Crippen molar-refractivity contribution in [2.75, 3.05) is 7.11 Å². The molecule has 0 amide bonds. The van der Waals surface area contributed by atoms with Crippen LogP contribution >= 0.6 is 11.3 Å². The Hall–Kier alpha value is -1.88. The smallest absolute Gasteiger partial charge is 0.347 e. The highest BCUT2D eigenvalue weighted by atomic mass is 32.1. The minimum absolute atomic E-state index is 0.371. The van der Waals surface area contributed by atoms with Crippen LogP contribution in [-0.2, 0) is 12.8 Å². The number of carboxylic acids is 1. The molecule has 0 aliphatic carbocycles. The third-order valence-corrected chi connectivity index (χ3v) is 4.02. The van der Waals surface area contributed by atoms with Crippen molar-refractivity contribution >= 4 is 17.3 Å². The number of hydrogen-bond donors (Lipinski definition) is 1. The van der Waals surface area contributed by atoms with Crippen LogP contribution in [0.5, 0.6) is 5.75 Å². The van der Waals surface area contributed by atoms with Crippen LogP contribution in [0.1, 0.15) is 39.3 Å². The summed E-state index contributed by atoms with van der Waals surface area (Å²) in [5, 5.41) is 10.0. The number of aromatic carboxylic acids is 1. The highest BCUT2D eigenvalue weighted by Crippen LogP contribution is 2.23. The van der Waals surface area contributed by atoms with Crippen molar-refractivity contribution in [3.8, 4) is 5.75 Å². The van der Waals surface area contributed by atoms with Crippen molar-refractivity contribution < 1.29 is 14.6 Å². The van der Waals surface area contributed by atoms with E-state index in [-0.39, 0.29) is 0 Å². The lowest BCUT2D eigenvalue weighted by molar-refractivity contribution is 0.0700. The molecule has 1 aromatic carbocycles. The standard InChI is InChI=1S/C15H17NO3S/c1-3-4-12-14(15(17)18)20-13(16-12)9-10-5-7-11(19-2)8-6-10/h5-8H,3-4,9H2,1-2H3,(H,17,18). The molecule has 0 aliphatic heterocycles. The summed E-state index contributed by atoms with van der Waals surface area (Å²) in [6.07, 6.45) is 2.26. The zero-order valence-corrected chi connectivity index (χ0v) is 12.4. The minimum Gasteiger partial charge on any atom is -0.497 e. The number of nitrogens with zero attached hydrogens (tertiary/aromatic N) is 1. The van der Waals surface area contributed by atoms with Gasteiger partial charge in [0, 0.05) is 6.42 Å². The SMILES string of the molecule is CCCc1nc(Cc2ccc(OC)cc2)sc1C(=O)O. The van der Waals surface area contributed by atoms with E-state index in [1.807, 2.05) is 31.2 Å². The van der Waals surface area contributed by atoms with Gasteiger partial charge < -0.3 is 9.84 Å². The Morgan fingerprint density at radius 3 is 2.60 bits per heavy atom. The molecular weight excluding hydrogens is 274 g/mol. The largest absolute Gasteiger partial charge is 0.497 e. The van der Waals surface area contributed by atoms with Gasteiger partial charge in [0.25, 0.3) is 0 Å². The van der Waals surface area contributed by atoms with Gasteiger partial charge in [0.2, 0.25) is 0 Å². The number of hydrogen-bond acceptors (Lipinski definition) is 4. The van der Waals surface area contributed by atoms with Crippen molar-refractivity contribution in [1.29, 1.82) is 0 Å². The lowest BCUT2D eigenvalue weighted by Gasteiger charge is -2.01. The molecule has 1 aromatic heterocycles. The van der Waals surface area contributed by atoms with E-state index in [0.717, 1.165) is 22.7 Å². The summed E-state index contributed by atoms with van der Waals surface area (Å²) in [5.74, 6) is -0.0716. The number of thiazole rings is 1. The maximum Gasteiger partial charge on any atom is 0.347 e. The third-order valence-electron chi connectivity index (χ3n) is 2.94. The normalized spacial score (nSPS) is 10.5. The van der Waals surface area contributed by atoms with Gasteiger partial charge in [-0.05, 0) is 24.1 Å². The molecular formula is C15H17NO3S. The van der Waals surface area contributed by atoms with E-state index in [1.165, 1.54) is 11.3 Å². The number of methoxy groups -OCH3 is 1. The average Bonchev–Trinajstić information content (AvgIpc) is 2.83. The summed E-state index contributed by atoms with van der Waals surface area (Å²) in [4.78, 5) is 16.0. The molecule has 0 bridgehead atoms. The highest BCUT2D eigenvalue weighted by molar-refractivity contribution is 7.13. The number of rotatable bonds is 6. The Bertz CT molecular complexity index is 590. The lowest BCUT2D eigenvalue weighted by atomic mass is 10.1. The molecule has 106 valence electrons. The molecule has 4 nitrogen and oxygen atoms in total. The Labute approximate surface area is 122 Å². The molecule has 0 saturated carbocycles. The zero-order chi connectivity index (χ0) is 14.5. The molecule has 2 aromatic rings. The van der Waals surface area contributed by atoms with E-state index >= 15 is 0 Å². The van der Waals surface area contributed by atoms with Gasteiger partial charge in [0.15, 0.2) is 0 Å². The third kappa shape index (κ3) is 3.36. The van der Waals surface area contributed by atoms with Gasteiger partial charge in [-0.1, -0.05) is 25.5 Å². The van der Waals surface area contributed by atoms with Crippen LogP contribution in [0, 0.1) is 0 Å². The van der Waals surface area contributed by atoms with Crippen molar-refractivity contribution in [1.82, 2.24) is 4.98 Å². The molecule has 0 unspecified atom stereocenters. The van der Waals surface area contributed by atoms with E-state index in [2.05, 4.69) is 4.98 Å². The summed E-state index contributed by atoms with van der Waals surface area (Å²) in [5.41, 5.74) is 1.80. The number of carboxylic acid groups (broad SMARTS) is 1. The van der Waals surface area contributed by atoms with Crippen LogP contribution in [0.4, 0.5) is 0 Å². The second-order valence-corrected chi connectivity index (χ2v) is 5.55. The number of aromatic nitrogens is 1. The van der Waals surface area contributed by atoms with Gasteiger partial charge in [-0.15, -0.1) is 11.3 Å². The Balaban J connectivity index is 2.19. The van der Waals surface area contributed by atoms with Crippen molar-refractivity contribution in [2.45, 2.75) is 26.2 Å². The van der Waals surface area contributed by atoms with Gasteiger partial charge in [-0.3, -0.25) is 0 Å². The molecule has 0 aliphatic rings. The fraction of sp³-hybridized carbons (Fsp3) is 0.333. The summed E-state index contributed by atoms with van der Waals surface area (Å²) < 4.78 is 5.12. The average molecular weight is 291 g/mol. The van der Waals surface area contributed by atoms with Gasteiger partial charge in [-0.25, -0.2) is 9.78 Å². The van der Waals surface area contributed by atoms with Crippen LogP contribution in [0.25, 0.3) is 0 Å². The fourth-order valence-electron chi connectivity index (χ4n) is 1.97. The van der Waals surface area contributed by atoms with Crippen molar-refractivity contribution in [2.24, 2.45) is 0 Å². The van der Waals surface area contributed by atoms with Crippen molar-refractivity contribution in [3.05, 3.63) is 45.4 Å². The second-order valence-electron chi connectivity index (χ2n) is 4.46. The quantitative estimate of drug-likeness (QED) is 0.886. The van der Waals surface area contributed by atoms with Crippen LogP contribution in [0.3, 0.4) is 0 Å². The van der Waals surface area contributed by atoms with Crippen LogP contribution in [0.2, 0.25) is 0 Å². The van der Waals surface area contributed by atoms with Gasteiger partial charge in [0.1, 0.15) is 10.6 Å². The number of ether oxygens (including phenoxy) is 1. The molecule has 0 fully saturated rings. The molecule has 20 heavy (non-hydrogen) atoms. The van der Waals surface area contributed by atoms with E-state index in [1.54, 1.807) is 7.11 Å². The second kappa shape index (κ2) is 6.52. The van der Waals surface area contributed by atoms with Gasteiger partial charge in [-0.2, -0.15) is 0 Å². The zero-order valence-electron chi connectivity index (χ0n) is 11.5.